The van der Waals surface area contributed by atoms with E-state index in [0.29, 0.717) is 5.75 Å². The number of carbonyl (C=O) groups excluding carboxylic acids is 3. The minimum absolute atomic E-state index is 0.0241. The number of phosphoric ester groups is 3. The zero-order valence-corrected chi connectivity index (χ0v) is 43.0. The summed E-state index contributed by atoms with van der Waals surface area (Å²) in [4.78, 5) is 88.4. The molecular weight excluding hydrogens is 1030 g/mol. The smallest absolute Gasteiger partial charge is 0.390 e. The summed E-state index contributed by atoms with van der Waals surface area (Å²) >= 11 is 1.02. The Balaban J connectivity index is 1.07. The standard InChI is InChI=1S/C39H66N7O21P3S/c1-23(63-38-26(48)18-25(47)24(2)64-38)12-10-8-6-5-7-9-11-13-29(50)71-17-16-41-28(49)14-15-42-36(53)33(52)39(3,4)20-62-70(59,60)67-69(57,58)61-19-27-32(66-68(54,55)56)31(51)37(65-27)46-22-45-30-34(40)43-21-44-35(30)46/h11,13,21-27,31-33,37-38,47-48,51-52H,5-10,12,14-20H2,1-4H3,(H,41,49)(H,42,53)(H,57,58)(H,59,60)(H2,40,43,44)(H2,54,55,56)/b13-11+/t23-,24+,25-,26-,27-,31-,32-,33+,37-,38-/m1/s1. The fraction of sp³-hybridized carbons (Fsp3) is 0.744. The van der Waals surface area contributed by atoms with Crippen molar-refractivity contribution in [3.63, 3.8) is 0 Å². The number of aliphatic hydroxyl groups excluding tert-OH is 4. The first-order chi connectivity index (χ1) is 33.2. The number of amides is 2. The van der Waals surface area contributed by atoms with E-state index in [1.54, 1.807) is 6.92 Å². The topological polar surface area (TPSA) is 423 Å². The van der Waals surface area contributed by atoms with Gasteiger partial charge >= 0.3 is 23.5 Å². The molecule has 2 aromatic heterocycles. The molecule has 0 bridgehead atoms. The molecule has 2 aliphatic rings. The van der Waals surface area contributed by atoms with Crippen LogP contribution < -0.4 is 16.4 Å². The van der Waals surface area contributed by atoms with Crippen LogP contribution in [0.5, 0.6) is 0 Å². The molecule has 4 heterocycles. The summed E-state index contributed by atoms with van der Waals surface area (Å²) in [5.41, 5.74) is 4.24. The molecule has 2 saturated heterocycles. The lowest BCUT2D eigenvalue weighted by molar-refractivity contribution is -0.273. The van der Waals surface area contributed by atoms with Crippen molar-refractivity contribution >= 4 is 69.1 Å². The molecule has 28 nitrogen and oxygen atoms in total. The summed E-state index contributed by atoms with van der Waals surface area (Å²) in [5, 5.41) is 46.3. The van der Waals surface area contributed by atoms with Crippen molar-refractivity contribution in [2.75, 3.05) is 37.8 Å². The van der Waals surface area contributed by atoms with E-state index >= 15 is 0 Å². The van der Waals surface area contributed by atoms with Gasteiger partial charge in [-0.15, -0.1) is 0 Å². The van der Waals surface area contributed by atoms with E-state index in [1.165, 1.54) is 19.9 Å². The van der Waals surface area contributed by atoms with Gasteiger partial charge in [-0.05, 0) is 39.2 Å². The predicted molar refractivity (Wildman–Crippen MR) is 250 cm³/mol. The fourth-order valence-electron chi connectivity index (χ4n) is 7.10. The van der Waals surface area contributed by atoms with Crippen molar-refractivity contribution in [2.24, 2.45) is 5.41 Å². The van der Waals surface area contributed by atoms with Gasteiger partial charge in [-0.1, -0.05) is 57.4 Å². The van der Waals surface area contributed by atoms with Gasteiger partial charge in [0.1, 0.15) is 42.4 Å². The SMILES string of the molecule is C[C@H](CCCCCCC/C=C/C(=O)SCCNC(=O)CCNC(=O)[C@H](O)C(C)(C)COP(=O)(O)OP(=O)(O)OC[C@H]1O[C@@H](n2cnc3c(N)ncnc32)[C@H](O)[C@@H]1OP(=O)(O)O)O[C@@H]1O[C@@H](C)[C@H](O)C[C@H]1O. The van der Waals surface area contributed by atoms with Gasteiger partial charge in [0.25, 0.3) is 0 Å². The van der Waals surface area contributed by atoms with Gasteiger partial charge in [0.15, 0.2) is 24.0 Å². The van der Waals surface area contributed by atoms with Crippen LogP contribution in [0.1, 0.15) is 91.7 Å². The second-order valence-electron chi connectivity index (χ2n) is 17.5. The van der Waals surface area contributed by atoms with Crippen molar-refractivity contribution < 1.29 is 100 Å². The average Bonchev–Trinajstić information content (AvgIpc) is 3.84. The lowest BCUT2D eigenvalue weighted by Crippen LogP contribution is -2.48. The first-order valence-electron chi connectivity index (χ1n) is 22.6. The molecule has 2 amide bonds. The number of allylic oxidation sites excluding steroid dienone is 1. The van der Waals surface area contributed by atoms with Crippen molar-refractivity contribution in [1.82, 2.24) is 30.2 Å². The maximum atomic E-state index is 12.7. The molecule has 0 saturated carbocycles. The number of nitrogen functional groups attached to an aromatic ring is 1. The third kappa shape index (κ3) is 20.1. The number of aliphatic hydroxyl groups is 4. The Labute approximate surface area is 413 Å². The van der Waals surface area contributed by atoms with Crippen LogP contribution in [-0.4, -0.2) is 164 Å². The van der Waals surface area contributed by atoms with Crippen LogP contribution in [0.2, 0.25) is 0 Å². The number of aromatic nitrogens is 4. The lowest BCUT2D eigenvalue weighted by atomic mass is 9.87. The largest absolute Gasteiger partial charge is 0.481 e. The Morgan fingerprint density at radius 2 is 1.66 bits per heavy atom. The molecule has 404 valence electrons. The van der Waals surface area contributed by atoms with Crippen LogP contribution in [0.4, 0.5) is 5.82 Å². The fourth-order valence-corrected chi connectivity index (χ4v) is 10.5. The second kappa shape index (κ2) is 27.6. The lowest BCUT2D eigenvalue weighted by Gasteiger charge is -2.36. The molecule has 0 aromatic carbocycles. The average molecular weight is 1090 g/mol. The summed E-state index contributed by atoms with van der Waals surface area (Å²) in [6, 6.07) is 0. The van der Waals surface area contributed by atoms with Gasteiger partial charge in [0, 0.05) is 37.1 Å². The molecule has 2 fully saturated rings. The third-order valence-electron chi connectivity index (χ3n) is 11.0. The van der Waals surface area contributed by atoms with Crippen LogP contribution in [-0.2, 0) is 60.2 Å². The summed E-state index contributed by atoms with van der Waals surface area (Å²) in [6.45, 7) is 4.08. The van der Waals surface area contributed by atoms with E-state index in [9.17, 15) is 68.1 Å². The molecule has 0 radical (unpaired) electrons. The number of anilines is 1. The summed E-state index contributed by atoms with van der Waals surface area (Å²) in [6.07, 6.45) is 0.207. The molecule has 71 heavy (non-hydrogen) atoms. The van der Waals surface area contributed by atoms with E-state index in [4.69, 9.17) is 29.0 Å². The Morgan fingerprint density at radius 3 is 2.38 bits per heavy atom. The zero-order valence-electron chi connectivity index (χ0n) is 39.5. The second-order valence-corrected chi connectivity index (χ2v) is 22.8. The normalized spacial score (nSPS) is 25.7. The molecule has 0 aliphatic carbocycles. The number of nitrogens with zero attached hydrogens (tertiary/aromatic N) is 4. The number of rotatable bonds is 30. The van der Waals surface area contributed by atoms with Gasteiger partial charge < -0.3 is 70.6 Å². The third-order valence-corrected chi connectivity index (χ3v) is 15.0. The van der Waals surface area contributed by atoms with Gasteiger partial charge in [0.05, 0.1) is 37.9 Å². The number of carbonyl (C=O) groups is 3. The maximum Gasteiger partial charge on any atom is 0.481 e. The number of phosphoric acid groups is 3. The number of nitrogens with two attached hydrogens (primary N) is 1. The summed E-state index contributed by atoms with van der Waals surface area (Å²) in [5.74, 6) is -1.20. The highest BCUT2D eigenvalue weighted by atomic mass is 32.2. The maximum absolute atomic E-state index is 12.7. The van der Waals surface area contributed by atoms with E-state index < -0.39 is 109 Å². The van der Waals surface area contributed by atoms with E-state index in [0.717, 1.165) is 73.9 Å². The number of unbranched alkanes of at least 4 members (excludes halogenated alkanes) is 5. The molecule has 12 N–H and O–H groups in total. The molecular formula is C39H66N7O21P3S. The minimum Gasteiger partial charge on any atom is -0.390 e. The van der Waals surface area contributed by atoms with Gasteiger partial charge in [-0.2, -0.15) is 4.31 Å². The number of thioether (sulfide) groups is 1. The van der Waals surface area contributed by atoms with Crippen LogP contribution in [0.15, 0.2) is 24.8 Å². The number of imidazole rings is 1. The van der Waals surface area contributed by atoms with E-state index in [1.807, 2.05) is 13.0 Å². The first-order valence-corrected chi connectivity index (χ1v) is 28.1. The van der Waals surface area contributed by atoms with Crippen molar-refractivity contribution in [1.29, 1.82) is 0 Å². The molecule has 12 atom stereocenters. The van der Waals surface area contributed by atoms with Crippen LogP contribution >= 0.6 is 35.2 Å². The minimum atomic E-state index is -5.59. The molecule has 2 aliphatic heterocycles. The highest BCUT2D eigenvalue weighted by Gasteiger charge is 2.50. The van der Waals surface area contributed by atoms with Gasteiger partial charge in [0.2, 0.25) is 16.9 Å². The van der Waals surface area contributed by atoms with Crippen molar-refractivity contribution in [3.05, 3.63) is 24.8 Å². The molecule has 0 spiro atoms. The first kappa shape index (κ1) is 60.7. The highest BCUT2D eigenvalue weighted by molar-refractivity contribution is 8.14. The molecule has 2 unspecified atom stereocenters. The Bertz CT molecular complexity index is 2240. The van der Waals surface area contributed by atoms with Gasteiger partial charge in [-0.25, -0.2) is 28.6 Å². The van der Waals surface area contributed by atoms with E-state index in [2.05, 4.69) is 34.4 Å². The number of hydrogen-bond acceptors (Lipinski definition) is 22. The number of hydrogen-bond donors (Lipinski definition) is 11. The van der Waals surface area contributed by atoms with Crippen molar-refractivity contribution in [2.45, 2.75) is 147 Å². The predicted octanol–water partition coefficient (Wildman–Crippen LogP) is 1.21. The molecule has 4 rings (SSSR count). The highest BCUT2D eigenvalue weighted by Crippen LogP contribution is 2.61. The Kier molecular flexibility index (Phi) is 23.6. The Hall–Kier alpha value is -2.86. The van der Waals surface area contributed by atoms with Crippen molar-refractivity contribution in [3.8, 4) is 0 Å². The van der Waals surface area contributed by atoms with Crippen LogP contribution in [0.25, 0.3) is 11.2 Å². The monoisotopic (exact) mass is 1090 g/mol. The quantitative estimate of drug-likeness (QED) is 0.0297. The number of nitrogens with one attached hydrogen (secondary N) is 2. The van der Waals surface area contributed by atoms with Crippen LogP contribution in [0, 0.1) is 5.41 Å². The molecule has 2 aromatic rings. The zero-order chi connectivity index (χ0) is 52.7. The van der Waals surface area contributed by atoms with Gasteiger partial charge in [-0.3, -0.25) is 32.5 Å². The summed E-state index contributed by atoms with van der Waals surface area (Å²) in [7, 11) is -16.5. The number of fused-ring (bicyclic) bond motifs is 1. The number of ether oxygens (including phenoxy) is 3. The summed E-state index contributed by atoms with van der Waals surface area (Å²) < 4.78 is 73.8. The van der Waals surface area contributed by atoms with Crippen LogP contribution in [0.3, 0.4) is 0 Å². The Morgan fingerprint density at radius 1 is 0.972 bits per heavy atom. The van der Waals surface area contributed by atoms with E-state index in [-0.39, 0.29) is 54.1 Å². The molecule has 32 heteroatoms.